The molecule has 0 aliphatic carbocycles. The standard InChI is InChI=1S/C17H22N6O2/c18-15(24)14-3-1-7-22(14)12-4-9-21(10-5-12)17(25)13-11-20-23-8-2-6-19-16(13)23/h2,6,8,11-12,14H,1,3-5,7,9-10H2,(H2,18,24). The molecule has 25 heavy (non-hydrogen) atoms. The first-order chi connectivity index (χ1) is 12.1. The molecule has 0 saturated carbocycles. The number of carbonyl (C=O) groups is 2. The van der Waals surface area contributed by atoms with Crippen molar-refractivity contribution in [3.8, 4) is 0 Å². The number of amides is 2. The Labute approximate surface area is 145 Å². The summed E-state index contributed by atoms with van der Waals surface area (Å²) in [7, 11) is 0. The van der Waals surface area contributed by atoms with E-state index >= 15 is 0 Å². The molecule has 4 rings (SSSR count). The summed E-state index contributed by atoms with van der Waals surface area (Å²) in [6.07, 6.45) is 8.62. The summed E-state index contributed by atoms with van der Waals surface area (Å²) >= 11 is 0. The van der Waals surface area contributed by atoms with Crippen molar-refractivity contribution in [3.05, 3.63) is 30.2 Å². The summed E-state index contributed by atoms with van der Waals surface area (Å²) in [4.78, 5) is 32.8. The average molecular weight is 342 g/mol. The highest BCUT2D eigenvalue weighted by atomic mass is 16.2. The number of hydrogen-bond donors (Lipinski definition) is 1. The lowest BCUT2D eigenvalue weighted by Gasteiger charge is -2.38. The highest BCUT2D eigenvalue weighted by molar-refractivity contribution is 5.99. The van der Waals surface area contributed by atoms with E-state index in [2.05, 4.69) is 15.0 Å². The van der Waals surface area contributed by atoms with Gasteiger partial charge >= 0.3 is 0 Å². The molecule has 0 spiro atoms. The molecular weight excluding hydrogens is 320 g/mol. The van der Waals surface area contributed by atoms with Crippen LogP contribution in [0.3, 0.4) is 0 Å². The molecule has 2 aromatic rings. The number of rotatable bonds is 3. The number of fused-ring (bicyclic) bond motifs is 1. The third-order valence-electron chi connectivity index (χ3n) is 5.35. The SMILES string of the molecule is NC(=O)C1CCCN1C1CCN(C(=O)c2cnn3cccnc23)CC1. The maximum Gasteiger partial charge on any atom is 0.259 e. The number of likely N-dealkylation sites (tertiary alicyclic amines) is 2. The smallest absolute Gasteiger partial charge is 0.259 e. The van der Waals surface area contributed by atoms with Crippen molar-refractivity contribution in [2.75, 3.05) is 19.6 Å². The Hall–Kier alpha value is -2.48. The zero-order chi connectivity index (χ0) is 17.4. The van der Waals surface area contributed by atoms with Crippen molar-refractivity contribution in [1.82, 2.24) is 24.4 Å². The molecule has 1 atom stereocenters. The number of piperidine rings is 1. The van der Waals surface area contributed by atoms with Gasteiger partial charge in [-0.15, -0.1) is 0 Å². The molecule has 1 unspecified atom stereocenters. The van der Waals surface area contributed by atoms with E-state index in [1.807, 2.05) is 4.90 Å². The summed E-state index contributed by atoms with van der Waals surface area (Å²) in [5.41, 5.74) is 6.65. The van der Waals surface area contributed by atoms with Crippen molar-refractivity contribution in [2.24, 2.45) is 5.73 Å². The van der Waals surface area contributed by atoms with Crippen molar-refractivity contribution in [1.29, 1.82) is 0 Å². The molecule has 2 amide bonds. The quantitative estimate of drug-likeness (QED) is 0.864. The summed E-state index contributed by atoms with van der Waals surface area (Å²) in [6, 6.07) is 1.97. The lowest BCUT2D eigenvalue weighted by Crippen LogP contribution is -2.51. The first kappa shape index (κ1) is 16.0. The van der Waals surface area contributed by atoms with E-state index in [4.69, 9.17) is 5.73 Å². The fourth-order valence-electron chi connectivity index (χ4n) is 4.08. The van der Waals surface area contributed by atoms with E-state index in [9.17, 15) is 9.59 Å². The van der Waals surface area contributed by atoms with E-state index in [0.29, 0.717) is 30.3 Å². The van der Waals surface area contributed by atoms with Gasteiger partial charge < -0.3 is 10.6 Å². The van der Waals surface area contributed by atoms with Crippen LogP contribution < -0.4 is 5.73 Å². The minimum atomic E-state index is -0.228. The Morgan fingerprint density at radius 1 is 1.16 bits per heavy atom. The van der Waals surface area contributed by atoms with E-state index in [-0.39, 0.29) is 17.9 Å². The molecule has 0 bridgehead atoms. The van der Waals surface area contributed by atoms with Gasteiger partial charge in [-0.05, 0) is 38.3 Å². The van der Waals surface area contributed by atoms with Crippen LogP contribution in [0.25, 0.3) is 5.65 Å². The van der Waals surface area contributed by atoms with Crippen LogP contribution in [0.5, 0.6) is 0 Å². The van der Waals surface area contributed by atoms with Gasteiger partial charge in [0.2, 0.25) is 5.91 Å². The zero-order valence-corrected chi connectivity index (χ0v) is 14.0. The second-order valence-electron chi connectivity index (χ2n) is 6.77. The molecule has 8 heteroatoms. The van der Waals surface area contributed by atoms with Gasteiger partial charge in [0, 0.05) is 31.5 Å². The van der Waals surface area contributed by atoms with Crippen molar-refractivity contribution in [3.63, 3.8) is 0 Å². The molecule has 2 fully saturated rings. The normalized spacial score (nSPS) is 22.6. The van der Waals surface area contributed by atoms with E-state index in [0.717, 1.165) is 32.2 Å². The van der Waals surface area contributed by atoms with Crippen LogP contribution in [-0.4, -0.2) is 67.9 Å². The Bertz CT molecular complexity index is 795. The fourth-order valence-corrected chi connectivity index (χ4v) is 4.08. The summed E-state index contributed by atoms with van der Waals surface area (Å²) in [5.74, 6) is -0.256. The molecular formula is C17H22N6O2. The monoisotopic (exact) mass is 342 g/mol. The van der Waals surface area contributed by atoms with Crippen LogP contribution in [0.4, 0.5) is 0 Å². The highest BCUT2D eigenvalue weighted by Gasteiger charge is 2.36. The Balaban J connectivity index is 1.43. The van der Waals surface area contributed by atoms with Gasteiger partial charge in [-0.25, -0.2) is 9.50 Å². The van der Waals surface area contributed by atoms with Crippen LogP contribution in [0.15, 0.2) is 24.7 Å². The molecule has 0 aromatic carbocycles. The van der Waals surface area contributed by atoms with Gasteiger partial charge in [-0.2, -0.15) is 5.10 Å². The lowest BCUT2D eigenvalue weighted by atomic mass is 10.0. The fraction of sp³-hybridized carbons (Fsp3) is 0.529. The Morgan fingerprint density at radius 3 is 2.72 bits per heavy atom. The maximum absolute atomic E-state index is 12.8. The van der Waals surface area contributed by atoms with E-state index < -0.39 is 0 Å². The molecule has 2 aliphatic heterocycles. The zero-order valence-electron chi connectivity index (χ0n) is 14.0. The van der Waals surface area contributed by atoms with Crippen LogP contribution in [0.1, 0.15) is 36.0 Å². The number of nitrogens with two attached hydrogens (primary N) is 1. The van der Waals surface area contributed by atoms with Crippen molar-refractivity contribution in [2.45, 2.75) is 37.8 Å². The number of primary amides is 1. The number of carbonyl (C=O) groups excluding carboxylic acids is 2. The maximum atomic E-state index is 12.8. The molecule has 8 nitrogen and oxygen atoms in total. The predicted octanol–water partition coefficient (Wildman–Crippen LogP) is 0.284. The first-order valence-corrected chi connectivity index (χ1v) is 8.78. The third-order valence-corrected chi connectivity index (χ3v) is 5.35. The second-order valence-corrected chi connectivity index (χ2v) is 6.77. The van der Waals surface area contributed by atoms with Crippen LogP contribution in [-0.2, 0) is 4.79 Å². The number of nitrogens with zero attached hydrogens (tertiary/aromatic N) is 5. The minimum Gasteiger partial charge on any atom is -0.368 e. The average Bonchev–Trinajstić information content (AvgIpc) is 3.28. The predicted molar refractivity (Wildman–Crippen MR) is 90.8 cm³/mol. The number of aromatic nitrogens is 3. The van der Waals surface area contributed by atoms with E-state index in [1.165, 1.54) is 0 Å². The molecule has 2 N–H and O–H groups in total. The molecule has 2 saturated heterocycles. The summed E-state index contributed by atoms with van der Waals surface area (Å²) in [6.45, 7) is 2.27. The molecule has 4 heterocycles. The molecule has 2 aromatic heterocycles. The van der Waals surface area contributed by atoms with Crippen LogP contribution >= 0.6 is 0 Å². The van der Waals surface area contributed by atoms with Crippen LogP contribution in [0.2, 0.25) is 0 Å². The van der Waals surface area contributed by atoms with Gasteiger partial charge in [0.15, 0.2) is 5.65 Å². The van der Waals surface area contributed by atoms with Crippen molar-refractivity contribution >= 4 is 17.5 Å². The molecule has 2 aliphatic rings. The van der Waals surface area contributed by atoms with Crippen LogP contribution in [0, 0.1) is 0 Å². The minimum absolute atomic E-state index is 0.0278. The lowest BCUT2D eigenvalue weighted by molar-refractivity contribution is -0.123. The highest BCUT2D eigenvalue weighted by Crippen LogP contribution is 2.26. The van der Waals surface area contributed by atoms with E-state index in [1.54, 1.807) is 29.2 Å². The third kappa shape index (κ3) is 2.86. The van der Waals surface area contributed by atoms with Gasteiger partial charge in [-0.1, -0.05) is 0 Å². The van der Waals surface area contributed by atoms with Gasteiger partial charge in [0.25, 0.3) is 5.91 Å². The molecule has 0 radical (unpaired) electrons. The topological polar surface area (TPSA) is 96.8 Å². The van der Waals surface area contributed by atoms with Gasteiger partial charge in [-0.3, -0.25) is 14.5 Å². The van der Waals surface area contributed by atoms with Gasteiger partial charge in [0.05, 0.1) is 12.2 Å². The van der Waals surface area contributed by atoms with Crippen molar-refractivity contribution < 1.29 is 9.59 Å². The number of hydrogen-bond acceptors (Lipinski definition) is 5. The largest absolute Gasteiger partial charge is 0.368 e. The summed E-state index contributed by atoms with van der Waals surface area (Å²) < 4.78 is 1.61. The molecule has 132 valence electrons. The summed E-state index contributed by atoms with van der Waals surface area (Å²) in [5, 5.41) is 4.19. The van der Waals surface area contributed by atoms with Gasteiger partial charge in [0.1, 0.15) is 5.56 Å². The Kier molecular flexibility index (Phi) is 4.12. The first-order valence-electron chi connectivity index (χ1n) is 8.78. The second kappa shape index (κ2) is 6.44. The Morgan fingerprint density at radius 2 is 1.96 bits per heavy atom.